The Labute approximate surface area is 166 Å². The van der Waals surface area contributed by atoms with Gasteiger partial charge in [-0.1, -0.05) is 0 Å². The Morgan fingerprint density at radius 2 is 2.00 bits per heavy atom. The highest BCUT2D eigenvalue weighted by Gasteiger charge is 2.22. The molecule has 154 valence electrons. The normalized spacial score (nSPS) is 16.6. The number of methoxy groups -OCH3 is 3. The predicted octanol–water partition coefficient (Wildman–Crippen LogP) is 3.43. The second kappa shape index (κ2) is 8.08. The number of anilines is 2. The van der Waals surface area contributed by atoms with Crippen molar-refractivity contribution in [3.63, 3.8) is 0 Å². The van der Waals surface area contributed by atoms with Gasteiger partial charge < -0.3 is 24.3 Å². The van der Waals surface area contributed by atoms with Crippen molar-refractivity contribution in [2.45, 2.75) is 25.5 Å². The summed E-state index contributed by atoms with van der Waals surface area (Å²) in [6.45, 7) is 0.657. The number of benzene rings is 1. The molecule has 0 bridgehead atoms. The molecule has 0 aliphatic carbocycles. The smallest absolute Gasteiger partial charge is 0.312 e. The molecule has 1 fully saturated rings. The van der Waals surface area contributed by atoms with Crippen LogP contribution in [0, 0.1) is 6.08 Å². The van der Waals surface area contributed by atoms with Crippen molar-refractivity contribution < 1.29 is 23.3 Å². The minimum atomic E-state index is -0.869. The van der Waals surface area contributed by atoms with E-state index in [1.807, 2.05) is 0 Å². The van der Waals surface area contributed by atoms with Gasteiger partial charge in [-0.15, -0.1) is 0 Å². The molecule has 9 nitrogen and oxygen atoms in total. The van der Waals surface area contributed by atoms with E-state index >= 15 is 0 Å². The Bertz CT molecular complexity index is 1020. The zero-order chi connectivity index (χ0) is 20.4. The van der Waals surface area contributed by atoms with Crippen LogP contribution in [0.2, 0.25) is 0 Å². The molecule has 1 aliphatic rings. The van der Waals surface area contributed by atoms with E-state index in [4.69, 9.17) is 18.9 Å². The van der Waals surface area contributed by atoms with E-state index in [9.17, 15) is 4.39 Å². The Hall–Kier alpha value is -3.14. The fourth-order valence-electron chi connectivity index (χ4n) is 3.41. The summed E-state index contributed by atoms with van der Waals surface area (Å²) in [4.78, 5) is 12.2. The van der Waals surface area contributed by atoms with E-state index in [-0.39, 0.29) is 12.0 Å². The third-order valence-corrected chi connectivity index (χ3v) is 4.80. The molecule has 1 aliphatic heterocycles. The van der Waals surface area contributed by atoms with Gasteiger partial charge in [-0.2, -0.15) is 14.4 Å². The lowest BCUT2D eigenvalue weighted by Crippen LogP contribution is -2.18. The minimum Gasteiger partial charge on any atom is -0.497 e. The summed E-state index contributed by atoms with van der Waals surface area (Å²) in [5, 5.41) is 3.08. The highest BCUT2D eigenvalue weighted by molar-refractivity contribution is 5.86. The highest BCUT2D eigenvalue weighted by atomic mass is 19.1. The molecule has 10 heteroatoms. The number of fused-ring (bicyclic) bond motifs is 1. The molecule has 3 aromatic rings. The molecule has 1 N–H and O–H groups in total. The van der Waals surface area contributed by atoms with E-state index in [1.54, 1.807) is 30.1 Å². The van der Waals surface area contributed by atoms with Crippen LogP contribution in [0.4, 0.5) is 15.9 Å². The van der Waals surface area contributed by atoms with Gasteiger partial charge in [-0.3, -0.25) is 4.57 Å². The van der Waals surface area contributed by atoms with Gasteiger partial charge in [0.15, 0.2) is 28.5 Å². The van der Waals surface area contributed by atoms with Crippen molar-refractivity contribution in [1.29, 1.82) is 0 Å². The summed E-state index contributed by atoms with van der Waals surface area (Å²) in [6, 6.07) is 3.39. The zero-order valence-corrected chi connectivity index (χ0v) is 16.4. The van der Waals surface area contributed by atoms with Gasteiger partial charge in [0.25, 0.3) is 0 Å². The second-order valence-corrected chi connectivity index (χ2v) is 6.52. The summed E-state index contributed by atoms with van der Waals surface area (Å²) in [5.74, 6) is 1.63. The number of hydrogen-bond donors (Lipinski definition) is 1. The van der Waals surface area contributed by atoms with Gasteiger partial charge in [0, 0.05) is 18.7 Å². The SMILES string of the molecule is COc1cc(Nc2nc(F)nc3c2ncn3C2CCCCO2)c(OC)c(OC)c1. The van der Waals surface area contributed by atoms with Crippen LogP contribution in [0.3, 0.4) is 0 Å². The van der Waals surface area contributed by atoms with Crippen LogP contribution in [-0.2, 0) is 4.74 Å². The summed E-state index contributed by atoms with van der Waals surface area (Å²) < 4.78 is 37.9. The van der Waals surface area contributed by atoms with Gasteiger partial charge >= 0.3 is 6.08 Å². The number of ether oxygens (including phenoxy) is 4. The number of aromatic nitrogens is 4. The van der Waals surface area contributed by atoms with Gasteiger partial charge in [0.1, 0.15) is 12.0 Å². The van der Waals surface area contributed by atoms with Crippen molar-refractivity contribution in [3.8, 4) is 17.2 Å². The first-order valence-electron chi connectivity index (χ1n) is 9.23. The molecule has 1 unspecified atom stereocenters. The van der Waals surface area contributed by atoms with Gasteiger partial charge in [0.05, 0.1) is 33.3 Å². The Kier molecular flexibility index (Phi) is 5.34. The molecular weight excluding hydrogens is 381 g/mol. The van der Waals surface area contributed by atoms with Crippen LogP contribution >= 0.6 is 0 Å². The Balaban J connectivity index is 1.78. The Morgan fingerprint density at radius 1 is 1.14 bits per heavy atom. The lowest BCUT2D eigenvalue weighted by Gasteiger charge is -2.23. The number of halogens is 1. The quantitative estimate of drug-likeness (QED) is 0.626. The molecule has 1 saturated heterocycles. The molecule has 0 radical (unpaired) electrons. The number of nitrogens with one attached hydrogen (secondary N) is 1. The number of imidazole rings is 1. The standard InChI is InChI=1S/C19H22FN5O4/c1-26-11-8-12(16(28-3)13(9-11)27-2)22-17-15-18(24-19(20)23-17)25(10-21-15)14-6-4-5-7-29-14/h8-10,14H,4-7H2,1-3H3,(H,22,23,24). The molecule has 0 saturated carbocycles. The van der Waals surface area contributed by atoms with Crippen LogP contribution in [0.15, 0.2) is 18.5 Å². The monoisotopic (exact) mass is 403 g/mol. The maximum Gasteiger partial charge on any atom is 0.312 e. The lowest BCUT2D eigenvalue weighted by atomic mass is 10.2. The molecule has 3 heterocycles. The van der Waals surface area contributed by atoms with Crippen molar-refractivity contribution in [2.75, 3.05) is 33.3 Å². The number of nitrogens with zero attached hydrogens (tertiary/aromatic N) is 4. The average molecular weight is 403 g/mol. The maximum atomic E-state index is 14.3. The molecule has 2 aromatic heterocycles. The van der Waals surface area contributed by atoms with E-state index in [0.29, 0.717) is 40.7 Å². The fourth-order valence-corrected chi connectivity index (χ4v) is 3.41. The number of hydrogen-bond acceptors (Lipinski definition) is 8. The van der Waals surface area contributed by atoms with E-state index in [1.165, 1.54) is 14.2 Å². The molecule has 1 aromatic carbocycles. The summed E-state index contributed by atoms with van der Waals surface area (Å²) >= 11 is 0. The van der Waals surface area contributed by atoms with Gasteiger partial charge in [-0.25, -0.2) is 4.98 Å². The lowest BCUT2D eigenvalue weighted by molar-refractivity contribution is -0.0298. The molecule has 1 atom stereocenters. The first-order valence-corrected chi connectivity index (χ1v) is 9.23. The Morgan fingerprint density at radius 3 is 2.69 bits per heavy atom. The summed E-state index contributed by atoms with van der Waals surface area (Å²) in [6.07, 6.45) is 3.37. The summed E-state index contributed by atoms with van der Waals surface area (Å²) in [5.41, 5.74) is 1.27. The van der Waals surface area contributed by atoms with E-state index in [0.717, 1.165) is 19.3 Å². The fraction of sp³-hybridized carbons (Fsp3) is 0.421. The molecule has 0 spiro atoms. The van der Waals surface area contributed by atoms with E-state index < -0.39 is 6.08 Å². The average Bonchev–Trinajstić information content (AvgIpc) is 3.17. The predicted molar refractivity (Wildman–Crippen MR) is 104 cm³/mol. The maximum absolute atomic E-state index is 14.3. The third-order valence-electron chi connectivity index (χ3n) is 4.80. The van der Waals surface area contributed by atoms with Crippen LogP contribution < -0.4 is 19.5 Å². The molecular formula is C19H22FN5O4. The highest BCUT2D eigenvalue weighted by Crippen LogP contribution is 2.41. The summed E-state index contributed by atoms with van der Waals surface area (Å²) in [7, 11) is 4.58. The van der Waals surface area contributed by atoms with Crippen LogP contribution in [0.1, 0.15) is 25.5 Å². The van der Waals surface area contributed by atoms with E-state index in [2.05, 4.69) is 20.3 Å². The molecule has 4 rings (SSSR count). The zero-order valence-electron chi connectivity index (χ0n) is 16.4. The van der Waals surface area contributed by atoms with Gasteiger partial charge in [0.2, 0.25) is 0 Å². The molecule has 0 amide bonds. The second-order valence-electron chi connectivity index (χ2n) is 6.52. The van der Waals surface area contributed by atoms with Crippen molar-refractivity contribution in [3.05, 3.63) is 24.5 Å². The molecule has 29 heavy (non-hydrogen) atoms. The first-order chi connectivity index (χ1) is 14.1. The van der Waals surface area contributed by atoms with Crippen molar-refractivity contribution in [1.82, 2.24) is 19.5 Å². The van der Waals surface area contributed by atoms with Crippen molar-refractivity contribution >= 4 is 22.7 Å². The van der Waals surface area contributed by atoms with Crippen molar-refractivity contribution in [2.24, 2.45) is 0 Å². The topological polar surface area (TPSA) is 92.6 Å². The first kappa shape index (κ1) is 19.2. The minimum absolute atomic E-state index is 0.204. The van der Waals surface area contributed by atoms with Crippen LogP contribution in [0.25, 0.3) is 11.2 Å². The van der Waals surface area contributed by atoms with Gasteiger partial charge in [-0.05, 0) is 19.3 Å². The largest absolute Gasteiger partial charge is 0.497 e. The number of rotatable bonds is 6. The third kappa shape index (κ3) is 3.63. The van der Waals surface area contributed by atoms with Crippen LogP contribution in [-0.4, -0.2) is 47.5 Å². The van der Waals surface area contributed by atoms with Crippen LogP contribution in [0.5, 0.6) is 17.2 Å².